The maximum absolute atomic E-state index is 13.0. The van der Waals surface area contributed by atoms with Crippen LogP contribution in [0.15, 0.2) is 78.0 Å². The Kier molecular flexibility index (Phi) is 6.81. The first kappa shape index (κ1) is 21.5. The molecule has 0 aliphatic carbocycles. The van der Waals surface area contributed by atoms with Crippen molar-refractivity contribution in [1.82, 2.24) is 9.88 Å². The average Bonchev–Trinajstić information content (AvgIpc) is 2.74. The molecule has 0 saturated carbocycles. The third-order valence-corrected chi connectivity index (χ3v) is 5.55. The zero-order valence-corrected chi connectivity index (χ0v) is 17.5. The molecule has 3 N–H and O–H groups in total. The van der Waals surface area contributed by atoms with E-state index in [9.17, 15) is 13.2 Å². The number of amides is 2. The lowest BCUT2D eigenvalue weighted by atomic mass is 10.1. The highest BCUT2D eigenvalue weighted by Gasteiger charge is 2.16. The minimum Gasteiger partial charge on any atom is -0.316 e. The van der Waals surface area contributed by atoms with Crippen LogP contribution < -0.4 is 10.5 Å². The monoisotopic (exact) mass is 424 g/mol. The van der Waals surface area contributed by atoms with Gasteiger partial charge in [0.05, 0.1) is 4.90 Å². The van der Waals surface area contributed by atoms with Gasteiger partial charge in [-0.2, -0.15) is 0 Å². The number of urea groups is 1. The summed E-state index contributed by atoms with van der Waals surface area (Å²) in [6, 6.07) is 17.3. The first-order chi connectivity index (χ1) is 14.3. The number of carbonyl (C=O) groups excluding carboxylic acids is 1. The zero-order chi connectivity index (χ0) is 21.6. The SMILES string of the molecule is CCc1ccc(CN(Cc2cccnc2)C(=O)Nc2ccc(S(N)(=O)=O)cc2)cc1. The molecule has 2 amide bonds. The Labute approximate surface area is 176 Å². The quantitative estimate of drug-likeness (QED) is 0.605. The number of hydrogen-bond acceptors (Lipinski definition) is 4. The Bertz CT molecular complexity index is 1080. The molecule has 0 spiro atoms. The molecule has 0 saturated heterocycles. The first-order valence-corrected chi connectivity index (χ1v) is 11.1. The molecule has 0 aliphatic heterocycles. The standard InChI is InChI=1S/C22H24N4O3S/c1-2-17-5-7-18(8-6-17)15-26(16-19-4-3-13-24-14-19)22(27)25-20-9-11-21(12-10-20)30(23,28)29/h3-14H,2,15-16H2,1H3,(H,25,27)(H2,23,28,29). The van der Waals surface area contributed by atoms with E-state index in [1.807, 2.05) is 24.3 Å². The summed E-state index contributed by atoms with van der Waals surface area (Å²) in [6.45, 7) is 2.89. The van der Waals surface area contributed by atoms with Gasteiger partial charge in [-0.15, -0.1) is 0 Å². The second-order valence-corrected chi connectivity index (χ2v) is 8.45. The van der Waals surface area contributed by atoms with E-state index < -0.39 is 10.0 Å². The normalized spacial score (nSPS) is 11.1. The smallest absolute Gasteiger partial charge is 0.316 e. The fourth-order valence-corrected chi connectivity index (χ4v) is 3.46. The summed E-state index contributed by atoms with van der Waals surface area (Å²) in [6.07, 6.45) is 4.36. The Morgan fingerprint density at radius 2 is 1.60 bits per heavy atom. The molecule has 7 nitrogen and oxygen atoms in total. The molecule has 3 aromatic rings. The summed E-state index contributed by atoms with van der Waals surface area (Å²) in [5.41, 5.74) is 3.63. The van der Waals surface area contributed by atoms with Gasteiger partial charge in [-0.3, -0.25) is 4.98 Å². The van der Waals surface area contributed by atoms with Crippen molar-refractivity contribution in [3.05, 3.63) is 89.7 Å². The minimum absolute atomic E-state index is 0.0104. The van der Waals surface area contributed by atoms with Crippen LogP contribution in [-0.2, 0) is 29.5 Å². The topological polar surface area (TPSA) is 105 Å². The van der Waals surface area contributed by atoms with Gasteiger partial charge in [0, 0.05) is 31.2 Å². The van der Waals surface area contributed by atoms with Gasteiger partial charge in [0.2, 0.25) is 10.0 Å². The fraction of sp³-hybridized carbons (Fsp3) is 0.182. The van der Waals surface area contributed by atoms with Crippen molar-refractivity contribution < 1.29 is 13.2 Å². The molecule has 1 aromatic heterocycles. The van der Waals surface area contributed by atoms with Crippen LogP contribution in [0, 0.1) is 0 Å². The summed E-state index contributed by atoms with van der Waals surface area (Å²) in [4.78, 5) is 18.8. The number of sulfonamides is 1. The van der Waals surface area contributed by atoms with Crippen molar-refractivity contribution in [1.29, 1.82) is 0 Å². The van der Waals surface area contributed by atoms with Crippen LogP contribution in [0.1, 0.15) is 23.6 Å². The number of primary sulfonamides is 1. The van der Waals surface area contributed by atoms with Crippen LogP contribution in [0.3, 0.4) is 0 Å². The van der Waals surface area contributed by atoms with Crippen molar-refractivity contribution in [2.45, 2.75) is 31.3 Å². The van der Waals surface area contributed by atoms with Crippen LogP contribution in [-0.4, -0.2) is 24.3 Å². The summed E-state index contributed by atoms with van der Waals surface area (Å²) in [5, 5.41) is 7.93. The molecular formula is C22H24N4O3S. The third-order valence-electron chi connectivity index (χ3n) is 4.62. The van der Waals surface area contributed by atoms with Gasteiger partial charge in [0.15, 0.2) is 0 Å². The maximum Gasteiger partial charge on any atom is 0.322 e. The van der Waals surface area contributed by atoms with Gasteiger partial charge >= 0.3 is 6.03 Å². The van der Waals surface area contributed by atoms with Crippen LogP contribution in [0.5, 0.6) is 0 Å². The molecule has 0 fully saturated rings. The third kappa shape index (κ3) is 5.88. The minimum atomic E-state index is -3.78. The Hall–Kier alpha value is -3.23. The Morgan fingerprint density at radius 1 is 0.967 bits per heavy atom. The van der Waals surface area contributed by atoms with E-state index in [1.165, 1.54) is 29.8 Å². The number of aromatic nitrogens is 1. The average molecular weight is 425 g/mol. The molecule has 1 heterocycles. The summed E-state index contributed by atoms with van der Waals surface area (Å²) in [7, 11) is -3.78. The van der Waals surface area contributed by atoms with E-state index in [1.54, 1.807) is 17.3 Å². The number of pyridine rings is 1. The summed E-state index contributed by atoms with van der Waals surface area (Å²) >= 11 is 0. The van der Waals surface area contributed by atoms with Crippen molar-refractivity contribution >= 4 is 21.7 Å². The van der Waals surface area contributed by atoms with Crippen LogP contribution in [0.25, 0.3) is 0 Å². The molecule has 3 rings (SSSR count). The van der Waals surface area contributed by atoms with E-state index in [4.69, 9.17) is 5.14 Å². The van der Waals surface area contributed by atoms with E-state index in [0.29, 0.717) is 18.8 Å². The van der Waals surface area contributed by atoms with Crippen LogP contribution in [0.4, 0.5) is 10.5 Å². The number of nitrogens with zero attached hydrogens (tertiary/aromatic N) is 2. The number of benzene rings is 2. The molecule has 30 heavy (non-hydrogen) atoms. The van der Waals surface area contributed by atoms with Crippen LogP contribution >= 0.6 is 0 Å². The number of nitrogens with one attached hydrogen (secondary N) is 1. The van der Waals surface area contributed by atoms with Gasteiger partial charge in [-0.1, -0.05) is 37.3 Å². The molecule has 0 atom stereocenters. The second-order valence-electron chi connectivity index (χ2n) is 6.89. The van der Waals surface area contributed by atoms with E-state index in [-0.39, 0.29) is 10.9 Å². The highest BCUT2D eigenvalue weighted by Crippen LogP contribution is 2.16. The van der Waals surface area contributed by atoms with Gasteiger partial charge in [0.1, 0.15) is 0 Å². The van der Waals surface area contributed by atoms with Gasteiger partial charge in [-0.05, 0) is 53.4 Å². The first-order valence-electron chi connectivity index (χ1n) is 9.50. The maximum atomic E-state index is 13.0. The predicted molar refractivity (Wildman–Crippen MR) is 116 cm³/mol. The lowest BCUT2D eigenvalue weighted by Crippen LogP contribution is -2.34. The lowest BCUT2D eigenvalue weighted by Gasteiger charge is -2.23. The molecular weight excluding hydrogens is 400 g/mol. The lowest BCUT2D eigenvalue weighted by molar-refractivity contribution is 0.206. The van der Waals surface area contributed by atoms with E-state index >= 15 is 0 Å². The highest BCUT2D eigenvalue weighted by atomic mass is 32.2. The Balaban J connectivity index is 1.78. The number of carbonyl (C=O) groups is 1. The summed E-state index contributed by atoms with van der Waals surface area (Å²) < 4.78 is 22.8. The number of rotatable bonds is 7. The predicted octanol–water partition coefficient (Wildman–Crippen LogP) is 3.53. The number of anilines is 1. The van der Waals surface area contributed by atoms with Gasteiger partial charge in [-0.25, -0.2) is 18.4 Å². The second kappa shape index (κ2) is 9.51. The number of nitrogens with two attached hydrogens (primary N) is 1. The highest BCUT2D eigenvalue weighted by molar-refractivity contribution is 7.89. The van der Waals surface area contributed by atoms with E-state index in [0.717, 1.165) is 17.5 Å². The van der Waals surface area contributed by atoms with Gasteiger partial charge < -0.3 is 10.2 Å². The number of hydrogen-bond donors (Lipinski definition) is 2. The Morgan fingerprint density at radius 3 is 2.17 bits per heavy atom. The summed E-state index contributed by atoms with van der Waals surface area (Å²) in [5.74, 6) is 0. The van der Waals surface area contributed by atoms with Crippen molar-refractivity contribution in [2.75, 3.05) is 5.32 Å². The zero-order valence-electron chi connectivity index (χ0n) is 16.7. The number of aryl methyl sites for hydroxylation is 1. The van der Waals surface area contributed by atoms with E-state index in [2.05, 4.69) is 29.4 Å². The van der Waals surface area contributed by atoms with Crippen LogP contribution in [0.2, 0.25) is 0 Å². The van der Waals surface area contributed by atoms with Crippen molar-refractivity contribution in [3.8, 4) is 0 Å². The molecule has 156 valence electrons. The molecule has 0 unspecified atom stereocenters. The molecule has 0 radical (unpaired) electrons. The largest absolute Gasteiger partial charge is 0.322 e. The molecule has 0 aliphatic rings. The van der Waals surface area contributed by atoms with Crippen molar-refractivity contribution in [3.63, 3.8) is 0 Å². The fourth-order valence-electron chi connectivity index (χ4n) is 2.94. The molecule has 0 bridgehead atoms. The molecule has 2 aromatic carbocycles. The van der Waals surface area contributed by atoms with Crippen molar-refractivity contribution in [2.24, 2.45) is 5.14 Å². The molecule has 8 heteroatoms. The van der Waals surface area contributed by atoms with Gasteiger partial charge in [0.25, 0.3) is 0 Å².